The third-order valence-electron chi connectivity index (χ3n) is 1.79. The Morgan fingerprint density at radius 3 is 2.87 bits per heavy atom. The number of aliphatic hydroxyl groups excluding tert-OH is 1. The van der Waals surface area contributed by atoms with Crippen LogP contribution < -0.4 is 0 Å². The SMILES string of the molecule is CCOC(=O)C(O)c1cc(F)ccc1O. The summed E-state index contributed by atoms with van der Waals surface area (Å²) >= 11 is 0. The number of aliphatic hydroxyl groups is 1. The lowest BCUT2D eigenvalue weighted by atomic mass is 10.1. The second kappa shape index (κ2) is 4.75. The normalized spacial score (nSPS) is 12.2. The summed E-state index contributed by atoms with van der Waals surface area (Å²) in [6, 6.07) is 2.97. The number of phenolic OH excluding ortho intramolecular Hbond substituents is 1. The van der Waals surface area contributed by atoms with Crippen molar-refractivity contribution in [2.45, 2.75) is 13.0 Å². The summed E-state index contributed by atoms with van der Waals surface area (Å²) in [5.41, 5.74) is -0.201. The van der Waals surface area contributed by atoms with Gasteiger partial charge in [0.2, 0.25) is 0 Å². The summed E-state index contributed by atoms with van der Waals surface area (Å²) in [4.78, 5) is 11.1. The summed E-state index contributed by atoms with van der Waals surface area (Å²) in [6.45, 7) is 1.68. The maximum Gasteiger partial charge on any atom is 0.339 e. The Morgan fingerprint density at radius 2 is 2.27 bits per heavy atom. The maximum atomic E-state index is 12.8. The lowest BCUT2D eigenvalue weighted by Crippen LogP contribution is -2.15. The minimum absolute atomic E-state index is 0.103. The second-order valence-electron chi connectivity index (χ2n) is 2.86. The molecule has 0 heterocycles. The Hall–Kier alpha value is -1.62. The van der Waals surface area contributed by atoms with Gasteiger partial charge >= 0.3 is 5.97 Å². The number of phenols is 1. The largest absolute Gasteiger partial charge is 0.508 e. The lowest BCUT2D eigenvalue weighted by molar-refractivity contribution is -0.153. The second-order valence-corrected chi connectivity index (χ2v) is 2.86. The van der Waals surface area contributed by atoms with Crippen LogP contribution in [0.5, 0.6) is 5.75 Å². The summed E-state index contributed by atoms with van der Waals surface area (Å²) in [5.74, 6) is -1.92. The molecule has 0 saturated carbocycles. The van der Waals surface area contributed by atoms with Gasteiger partial charge < -0.3 is 14.9 Å². The van der Waals surface area contributed by atoms with Gasteiger partial charge in [-0.25, -0.2) is 9.18 Å². The molecule has 1 aromatic rings. The molecule has 0 fully saturated rings. The first kappa shape index (κ1) is 11.5. The van der Waals surface area contributed by atoms with Crippen LogP contribution in [0.25, 0.3) is 0 Å². The molecule has 15 heavy (non-hydrogen) atoms. The van der Waals surface area contributed by atoms with E-state index in [-0.39, 0.29) is 17.9 Å². The first-order chi connectivity index (χ1) is 7.06. The standard InChI is InChI=1S/C10H11FO4/c1-2-15-10(14)9(13)7-5-6(11)3-4-8(7)12/h3-5,9,12-13H,2H2,1H3. The van der Waals surface area contributed by atoms with Crippen molar-refractivity contribution in [3.05, 3.63) is 29.6 Å². The van der Waals surface area contributed by atoms with E-state index in [9.17, 15) is 19.4 Å². The van der Waals surface area contributed by atoms with Crippen LogP contribution in [0.15, 0.2) is 18.2 Å². The first-order valence-electron chi connectivity index (χ1n) is 4.39. The van der Waals surface area contributed by atoms with Gasteiger partial charge in [-0.15, -0.1) is 0 Å². The average molecular weight is 214 g/mol. The van der Waals surface area contributed by atoms with Crippen LogP contribution in [-0.4, -0.2) is 22.8 Å². The van der Waals surface area contributed by atoms with Gasteiger partial charge in [-0.2, -0.15) is 0 Å². The van der Waals surface area contributed by atoms with Gasteiger partial charge in [0.05, 0.1) is 6.61 Å². The van der Waals surface area contributed by atoms with Gasteiger partial charge in [0, 0.05) is 5.56 Å². The molecule has 1 aromatic carbocycles. The number of hydrogen-bond donors (Lipinski definition) is 2. The van der Waals surface area contributed by atoms with Crippen LogP contribution in [0.1, 0.15) is 18.6 Å². The van der Waals surface area contributed by atoms with Gasteiger partial charge in [-0.3, -0.25) is 0 Å². The molecule has 1 rings (SSSR count). The molecule has 0 aliphatic heterocycles. The Bertz CT molecular complexity index is 364. The summed E-state index contributed by atoms with van der Waals surface area (Å²) < 4.78 is 17.3. The first-order valence-corrected chi connectivity index (χ1v) is 4.39. The van der Waals surface area contributed by atoms with Crippen LogP contribution in [0.3, 0.4) is 0 Å². The number of ether oxygens (including phenoxy) is 1. The molecule has 1 atom stereocenters. The highest BCUT2D eigenvalue weighted by molar-refractivity contribution is 5.77. The minimum atomic E-state index is -1.67. The zero-order valence-corrected chi connectivity index (χ0v) is 8.11. The van der Waals surface area contributed by atoms with Crippen molar-refractivity contribution in [3.63, 3.8) is 0 Å². The molecule has 4 nitrogen and oxygen atoms in total. The maximum absolute atomic E-state index is 12.8. The van der Waals surface area contributed by atoms with E-state index >= 15 is 0 Å². The van der Waals surface area contributed by atoms with E-state index in [4.69, 9.17) is 0 Å². The summed E-state index contributed by atoms with van der Waals surface area (Å²) in [5, 5.41) is 18.7. The lowest BCUT2D eigenvalue weighted by Gasteiger charge is -2.11. The van der Waals surface area contributed by atoms with Gasteiger partial charge in [0.25, 0.3) is 0 Å². The van der Waals surface area contributed by atoms with Gasteiger partial charge in [0.1, 0.15) is 11.6 Å². The number of halogens is 1. The monoisotopic (exact) mass is 214 g/mol. The molecule has 0 radical (unpaired) electrons. The van der Waals surface area contributed by atoms with Crippen molar-refractivity contribution < 1.29 is 24.1 Å². The third-order valence-corrected chi connectivity index (χ3v) is 1.79. The number of rotatable bonds is 3. The number of benzene rings is 1. The van der Waals surface area contributed by atoms with E-state index in [1.807, 2.05) is 0 Å². The van der Waals surface area contributed by atoms with Crippen LogP contribution in [0, 0.1) is 5.82 Å². The number of esters is 1. The predicted molar refractivity (Wildman–Crippen MR) is 49.7 cm³/mol. The van der Waals surface area contributed by atoms with Crippen molar-refractivity contribution in [2.75, 3.05) is 6.61 Å². The van der Waals surface area contributed by atoms with Gasteiger partial charge in [-0.05, 0) is 25.1 Å². The fraction of sp³-hybridized carbons (Fsp3) is 0.300. The van der Waals surface area contributed by atoms with Gasteiger partial charge in [-0.1, -0.05) is 0 Å². The number of carbonyl (C=O) groups is 1. The third kappa shape index (κ3) is 2.66. The molecule has 1 unspecified atom stereocenters. The highest BCUT2D eigenvalue weighted by Crippen LogP contribution is 2.25. The molecule has 0 aliphatic rings. The topological polar surface area (TPSA) is 66.8 Å². The fourth-order valence-electron chi connectivity index (χ4n) is 1.09. The quantitative estimate of drug-likeness (QED) is 0.740. The highest BCUT2D eigenvalue weighted by atomic mass is 19.1. The molecule has 0 bridgehead atoms. The van der Waals surface area contributed by atoms with Gasteiger partial charge in [0.15, 0.2) is 6.10 Å². The Kier molecular flexibility index (Phi) is 3.62. The predicted octanol–water partition coefficient (Wildman–Crippen LogP) is 1.13. The van der Waals surface area contributed by atoms with Crippen LogP contribution in [0.2, 0.25) is 0 Å². The molecule has 0 aromatic heterocycles. The van der Waals surface area contributed by atoms with E-state index < -0.39 is 17.9 Å². The van der Waals surface area contributed by atoms with Crippen molar-refractivity contribution in [3.8, 4) is 5.75 Å². The number of hydrogen-bond acceptors (Lipinski definition) is 4. The minimum Gasteiger partial charge on any atom is -0.508 e. The van der Waals surface area contributed by atoms with Crippen molar-refractivity contribution in [2.24, 2.45) is 0 Å². The molecule has 0 saturated heterocycles. The van der Waals surface area contributed by atoms with E-state index in [2.05, 4.69) is 4.74 Å². The smallest absolute Gasteiger partial charge is 0.339 e. The molecular formula is C10H11FO4. The van der Waals surface area contributed by atoms with Crippen LogP contribution in [-0.2, 0) is 9.53 Å². The molecule has 0 amide bonds. The van der Waals surface area contributed by atoms with Crippen LogP contribution in [0.4, 0.5) is 4.39 Å². The Labute approximate surface area is 85.9 Å². The van der Waals surface area contributed by atoms with E-state index in [0.29, 0.717) is 0 Å². The average Bonchev–Trinajstić information content (AvgIpc) is 2.21. The van der Waals surface area contributed by atoms with Crippen molar-refractivity contribution in [1.29, 1.82) is 0 Å². The van der Waals surface area contributed by atoms with E-state index in [1.54, 1.807) is 6.92 Å². The summed E-state index contributed by atoms with van der Waals surface area (Å²) in [6.07, 6.45) is -1.67. The van der Waals surface area contributed by atoms with Crippen molar-refractivity contribution in [1.82, 2.24) is 0 Å². The van der Waals surface area contributed by atoms with E-state index in [1.165, 1.54) is 0 Å². The van der Waals surface area contributed by atoms with E-state index in [0.717, 1.165) is 18.2 Å². The summed E-state index contributed by atoms with van der Waals surface area (Å²) in [7, 11) is 0. The molecule has 0 aliphatic carbocycles. The van der Waals surface area contributed by atoms with Crippen LogP contribution >= 0.6 is 0 Å². The highest BCUT2D eigenvalue weighted by Gasteiger charge is 2.22. The number of aromatic hydroxyl groups is 1. The molecule has 82 valence electrons. The molecule has 2 N–H and O–H groups in total. The Balaban J connectivity index is 2.94. The Morgan fingerprint density at radius 1 is 1.60 bits per heavy atom. The molecular weight excluding hydrogens is 203 g/mol. The molecule has 0 spiro atoms. The number of carbonyl (C=O) groups excluding carboxylic acids is 1. The zero-order valence-electron chi connectivity index (χ0n) is 8.11. The molecule has 5 heteroatoms. The fourth-order valence-corrected chi connectivity index (χ4v) is 1.09. The zero-order chi connectivity index (χ0) is 11.4. The van der Waals surface area contributed by atoms with Crippen molar-refractivity contribution >= 4 is 5.97 Å².